The summed E-state index contributed by atoms with van der Waals surface area (Å²) in [6.07, 6.45) is 5.52. The molecule has 1 aliphatic carbocycles. The van der Waals surface area contributed by atoms with Gasteiger partial charge in [-0.3, -0.25) is 0 Å². The van der Waals surface area contributed by atoms with Crippen molar-refractivity contribution in [1.82, 2.24) is 0 Å². The van der Waals surface area contributed by atoms with E-state index in [0.29, 0.717) is 16.3 Å². The van der Waals surface area contributed by atoms with Crippen molar-refractivity contribution in [3.63, 3.8) is 0 Å². The van der Waals surface area contributed by atoms with E-state index in [2.05, 4.69) is 6.07 Å². The number of halogens is 1. The predicted octanol–water partition coefficient (Wildman–Crippen LogP) is 3.25. The molecule has 2 unspecified atom stereocenters. The van der Waals surface area contributed by atoms with Crippen LogP contribution in [-0.4, -0.2) is 12.1 Å². The number of nitrogens with two attached hydrogens (primary N) is 1. The zero-order valence-corrected chi connectivity index (χ0v) is 11.0. The van der Waals surface area contributed by atoms with E-state index in [-0.39, 0.29) is 12.1 Å². The van der Waals surface area contributed by atoms with E-state index in [1.54, 1.807) is 18.2 Å². The molecule has 1 aromatic rings. The summed E-state index contributed by atoms with van der Waals surface area (Å²) in [5.41, 5.74) is 6.65. The molecule has 1 saturated carbocycles. The number of nitrogens with zero attached hydrogens (tertiary/aromatic N) is 1. The molecule has 4 heteroatoms. The van der Waals surface area contributed by atoms with E-state index in [4.69, 9.17) is 27.3 Å². The van der Waals surface area contributed by atoms with Gasteiger partial charge in [0.05, 0.1) is 16.7 Å². The van der Waals surface area contributed by atoms with Gasteiger partial charge in [0.2, 0.25) is 0 Å². The Bertz CT molecular complexity index is 456. The summed E-state index contributed by atoms with van der Waals surface area (Å²) < 4.78 is 5.91. The maximum absolute atomic E-state index is 8.78. The van der Waals surface area contributed by atoms with Gasteiger partial charge in [-0.25, -0.2) is 0 Å². The molecule has 0 radical (unpaired) electrons. The van der Waals surface area contributed by atoms with E-state index >= 15 is 0 Å². The van der Waals surface area contributed by atoms with Crippen molar-refractivity contribution in [3.8, 4) is 11.8 Å². The van der Waals surface area contributed by atoms with Crippen LogP contribution in [0.4, 0.5) is 0 Å². The lowest BCUT2D eigenvalue weighted by molar-refractivity contribution is 0.163. The third-order valence-electron chi connectivity index (χ3n) is 3.34. The number of hydrogen-bond acceptors (Lipinski definition) is 3. The van der Waals surface area contributed by atoms with E-state index < -0.39 is 0 Å². The first-order chi connectivity index (χ1) is 8.70. The Morgan fingerprint density at radius 2 is 2.06 bits per heavy atom. The van der Waals surface area contributed by atoms with Crippen molar-refractivity contribution < 1.29 is 4.74 Å². The smallest absolute Gasteiger partial charge is 0.138 e. The molecule has 2 rings (SSSR count). The van der Waals surface area contributed by atoms with E-state index in [1.165, 1.54) is 12.8 Å². The molecule has 18 heavy (non-hydrogen) atoms. The van der Waals surface area contributed by atoms with E-state index in [1.807, 2.05) is 0 Å². The zero-order chi connectivity index (χ0) is 13.0. The molecule has 1 fully saturated rings. The largest absolute Gasteiger partial charge is 0.487 e. The Morgan fingerprint density at radius 3 is 2.78 bits per heavy atom. The first-order valence-electron chi connectivity index (χ1n) is 6.32. The quantitative estimate of drug-likeness (QED) is 0.834. The second-order valence-corrected chi connectivity index (χ2v) is 5.12. The molecule has 0 saturated heterocycles. The Kier molecular flexibility index (Phi) is 4.46. The molecule has 1 aliphatic rings. The van der Waals surface area contributed by atoms with Crippen LogP contribution in [0.15, 0.2) is 18.2 Å². The monoisotopic (exact) mass is 264 g/mol. The van der Waals surface area contributed by atoms with Crippen molar-refractivity contribution >= 4 is 11.6 Å². The van der Waals surface area contributed by atoms with Crippen LogP contribution in [0.3, 0.4) is 0 Å². The van der Waals surface area contributed by atoms with Crippen LogP contribution in [-0.2, 0) is 0 Å². The molecule has 2 atom stereocenters. The molecule has 0 heterocycles. The highest BCUT2D eigenvalue weighted by Gasteiger charge is 2.22. The number of ether oxygens (including phenoxy) is 1. The van der Waals surface area contributed by atoms with E-state index in [9.17, 15) is 0 Å². The summed E-state index contributed by atoms with van der Waals surface area (Å²) in [5, 5.41) is 9.26. The lowest BCUT2D eigenvalue weighted by Gasteiger charge is -2.23. The van der Waals surface area contributed by atoms with E-state index in [0.717, 1.165) is 19.3 Å². The molecular weight excluding hydrogens is 248 g/mol. The van der Waals surface area contributed by atoms with Gasteiger partial charge < -0.3 is 10.5 Å². The van der Waals surface area contributed by atoms with Gasteiger partial charge in [-0.1, -0.05) is 24.4 Å². The lowest BCUT2D eigenvalue weighted by Crippen LogP contribution is -2.37. The number of hydrogen-bond donors (Lipinski definition) is 1. The summed E-state index contributed by atoms with van der Waals surface area (Å²) in [7, 11) is 0. The minimum atomic E-state index is 0.0259. The third-order valence-corrected chi connectivity index (χ3v) is 3.64. The van der Waals surface area contributed by atoms with Crippen LogP contribution in [0.2, 0.25) is 5.02 Å². The highest BCUT2D eigenvalue weighted by molar-refractivity contribution is 6.32. The Morgan fingerprint density at radius 1 is 1.28 bits per heavy atom. The number of rotatable bonds is 2. The Balaban J connectivity index is 2.10. The average molecular weight is 265 g/mol. The minimum Gasteiger partial charge on any atom is -0.487 e. The standard InChI is InChI=1S/C14H17ClN2O/c15-11-8-10(9-16)6-7-13(11)18-14-5-3-1-2-4-12(14)17/h6-8,12,14H,1-5,17H2. The molecule has 3 nitrogen and oxygen atoms in total. The first-order valence-corrected chi connectivity index (χ1v) is 6.70. The van der Waals surface area contributed by atoms with Crippen molar-refractivity contribution in [2.24, 2.45) is 5.73 Å². The normalized spacial score (nSPS) is 24.1. The van der Waals surface area contributed by atoms with Gasteiger partial charge in [-0.15, -0.1) is 0 Å². The fourth-order valence-corrected chi connectivity index (χ4v) is 2.50. The minimum absolute atomic E-state index is 0.0259. The SMILES string of the molecule is N#Cc1ccc(OC2CCCCCC2N)c(Cl)c1. The van der Waals surface area contributed by atoms with Gasteiger partial charge in [0.15, 0.2) is 0 Å². The highest BCUT2D eigenvalue weighted by atomic mass is 35.5. The van der Waals surface area contributed by atoms with Crippen LogP contribution >= 0.6 is 11.6 Å². The molecule has 2 N–H and O–H groups in total. The highest BCUT2D eigenvalue weighted by Crippen LogP contribution is 2.29. The summed E-state index contributed by atoms with van der Waals surface area (Å²) in [6, 6.07) is 7.21. The van der Waals surface area contributed by atoms with Gasteiger partial charge in [0.1, 0.15) is 11.9 Å². The van der Waals surface area contributed by atoms with Crippen molar-refractivity contribution in [2.45, 2.75) is 44.2 Å². The summed E-state index contributed by atoms with van der Waals surface area (Å²) in [5.74, 6) is 0.623. The number of nitriles is 1. The molecule has 0 aliphatic heterocycles. The second kappa shape index (κ2) is 6.08. The van der Waals surface area contributed by atoms with Crippen molar-refractivity contribution in [1.29, 1.82) is 5.26 Å². The number of benzene rings is 1. The van der Waals surface area contributed by atoms with Gasteiger partial charge in [0, 0.05) is 6.04 Å². The van der Waals surface area contributed by atoms with Gasteiger partial charge in [-0.2, -0.15) is 5.26 Å². The molecule has 0 aromatic heterocycles. The molecule has 0 bridgehead atoms. The van der Waals surface area contributed by atoms with Crippen LogP contribution in [0.1, 0.15) is 37.7 Å². The fraction of sp³-hybridized carbons (Fsp3) is 0.500. The van der Waals surface area contributed by atoms with Crippen LogP contribution in [0.5, 0.6) is 5.75 Å². The Hall–Kier alpha value is -1.24. The molecular formula is C14H17ClN2O. The molecule has 0 amide bonds. The average Bonchev–Trinajstić information content (AvgIpc) is 2.57. The summed E-state index contributed by atoms with van der Waals surface area (Å²) in [6.45, 7) is 0. The topological polar surface area (TPSA) is 59.0 Å². The first kappa shape index (κ1) is 13.2. The van der Waals surface area contributed by atoms with Crippen LogP contribution in [0, 0.1) is 11.3 Å². The summed E-state index contributed by atoms with van der Waals surface area (Å²) in [4.78, 5) is 0. The maximum atomic E-state index is 8.78. The predicted molar refractivity (Wildman–Crippen MR) is 71.6 cm³/mol. The van der Waals surface area contributed by atoms with Crippen molar-refractivity contribution in [2.75, 3.05) is 0 Å². The molecule has 1 aromatic carbocycles. The third kappa shape index (κ3) is 3.16. The Labute approximate surface area is 112 Å². The van der Waals surface area contributed by atoms with Gasteiger partial charge in [0.25, 0.3) is 0 Å². The van der Waals surface area contributed by atoms with Crippen molar-refractivity contribution in [3.05, 3.63) is 28.8 Å². The van der Waals surface area contributed by atoms with Crippen LogP contribution in [0.25, 0.3) is 0 Å². The summed E-state index contributed by atoms with van der Waals surface area (Å²) >= 11 is 6.10. The second-order valence-electron chi connectivity index (χ2n) is 4.72. The molecule has 0 spiro atoms. The maximum Gasteiger partial charge on any atom is 0.138 e. The van der Waals surface area contributed by atoms with Crippen LogP contribution < -0.4 is 10.5 Å². The zero-order valence-electron chi connectivity index (χ0n) is 10.2. The lowest BCUT2D eigenvalue weighted by atomic mass is 10.1. The fourth-order valence-electron chi connectivity index (χ4n) is 2.28. The molecule has 96 valence electrons. The van der Waals surface area contributed by atoms with Gasteiger partial charge >= 0.3 is 0 Å². The van der Waals surface area contributed by atoms with Gasteiger partial charge in [-0.05, 0) is 37.5 Å².